The summed E-state index contributed by atoms with van der Waals surface area (Å²) >= 11 is 1.11. The molecule has 2 aromatic heterocycles. The van der Waals surface area contributed by atoms with Crippen LogP contribution in [-0.4, -0.2) is 32.4 Å². The number of rotatable bonds is 7. The third-order valence-corrected chi connectivity index (χ3v) is 7.03. The first kappa shape index (κ1) is 23.8. The summed E-state index contributed by atoms with van der Waals surface area (Å²) in [6.45, 7) is 0. The maximum Gasteiger partial charge on any atom is 0.280 e. The van der Waals surface area contributed by atoms with Crippen LogP contribution in [-0.2, 0) is 4.79 Å². The minimum atomic E-state index is -0.908. The number of nitrogens with one attached hydrogen (secondary N) is 1. The normalized spacial score (nSPS) is 14.7. The highest BCUT2D eigenvalue weighted by molar-refractivity contribution is 7.03. The minimum Gasteiger partial charge on any atom is -0.351 e. The van der Waals surface area contributed by atoms with Crippen molar-refractivity contribution in [3.63, 3.8) is 0 Å². The lowest BCUT2D eigenvalue weighted by Crippen LogP contribution is -2.47. The highest BCUT2D eigenvalue weighted by Crippen LogP contribution is 2.37. The van der Waals surface area contributed by atoms with Gasteiger partial charge in [0, 0.05) is 29.4 Å². The number of amides is 2. The molecule has 4 aromatic rings. The van der Waals surface area contributed by atoms with Crippen LogP contribution >= 0.6 is 11.5 Å². The standard InChI is InChI=1S/C28H27N5O2S/c34-27(30-22-11-5-2-6-12-22)26(21-15-17-29-18-16-21)33(28(35)24-19-36-32-31-24)25-14-8-7-13-23(25)20-9-3-1-4-10-20/h1,3-4,7-10,13-19,22,26H,2,5-6,11-12H2,(H,30,34)/t26-/m1/s1. The molecule has 5 rings (SSSR count). The van der Waals surface area contributed by atoms with Crippen molar-refractivity contribution in [1.82, 2.24) is 19.9 Å². The van der Waals surface area contributed by atoms with Crippen LogP contribution in [0.1, 0.15) is 54.2 Å². The predicted molar refractivity (Wildman–Crippen MR) is 141 cm³/mol. The lowest BCUT2D eigenvalue weighted by Gasteiger charge is -2.34. The van der Waals surface area contributed by atoms with Gasteiger partial charge in [0.05, 0.1) is 5.69 Å². The van der Waals surface area contributed by atoms with Crippen LogP contribution < -0.4 is 10.2 Å². The van der Waals surface area contributed by atoms with Gasteiger partial charge in [-0.1, -0.05) is 72.3 Å². The molecule has 1 fully saturated rings. The third kappa shape index (κ3) is 5.18. The summed E-state index contributed by atoms with van der Waals surface area (Å²) in [7, 11) is 0. The van der Waals surface area contributed by atoms with Crippen LogP contribution in [0.15, 0.2) is 84.5 Å². The first-order valence-electron chi connectivity index (χ1n) is 12.2. The van der Waals surface area contributed by atoms with Crippen LogP contribution in [0.25, 0.3) is 11.1 Å². The Kier molecular flexibility index (Phi) is 7.42. The Balaban J connectivity index is 1.65. The van der Waals surface area contributed by atoms with Crippen molar-refractivity contribution in [3.05, 3.63) is 95.8 Å². The number of hydrogen-bond acceptors (Lipinski definition) is 6. The fourth-order valence-corrected chi connectivity index (χ4v) is 5.21. The number of para-hydroxylation sites is 1. The van der Waals surface area contributed by atoms with Crippen LogP contribution in [0.5, 0.6) is 0 Å². The van der Waals surface area contributed by atoms with Gasteiger partial charge < -0.3 is 5.32 Å². The Bertz CT molecular complexity index is 1290. The van der Waals surface area contributed by atoms with Crippen LogP contribution in [0.4, 0.5) is 5.69 Å². The zero-order valence-corrected chi connectivity index (χ0v) is 20.6. The molecule has 0 bridgehead atoms. The van der Waals surface area contributed by atoms with Gasteiger partial charge in [0.1, 0.15) is 6.04 Å². The first-order valence-corrected chi connectivity index (χ1v) is 13.0. The molecule has 0 aliphatic heterocycles. The van der Waals surface area contributed by atoms with Gasteiger partial charge in [-0.15, -0.1) is 5.10 Å². The van der Waals surface area contributed by atoms with Gasteiger partial charge in [0.2, 0.25) is 5.91 Å². The average molecular weight is 498 g/mol. The Hall–Kier alpha value is -3.91. The SMILES string of the molecule is O=C(NC1CCCCC1)[C@@H](c1ccncc1)N(C(=O)c1csnn1)c1ccccc1-c1ccccc1. The van der Waals surface area contributed by atoms with E-state index in [9.17, 15) is 9.59 Å². The minimum absolute atomic E-state index is 0.0952. The van der Waals surface area contributed by atoms with E-state index in [1.807, 2.05) is 54.6 Å². The zero-order chi connectivity index (χ0) is 24.7. The Labute approximate surface area is 214 Å². The van der Waals surface area contributed by atoms with Crippen molar-refractivity contribution in [2.75, 3.05) is 4.90 Å². The van der Waals surface area contributed by atoms with Gasteiger partial charge in [0.15, 0.2) is 5.69 Å². The van der Waals surface area contributed by atoms with E-state index in [4.69, 9.17) is 0 Å². The number of carbonyl (C=O) groups excluding carboxylic acids is 2. The van der Waals surface area contributed by atoms with Gasteiger partial charge in [-0.05, 0) is 53.7 Å². The summed E-state index contributed by atoms with van der Waals surface area (Å²) in [6.07, 6.45) is 8.55. The molecule has 0 spiro atoms. The number of pyridine rings is 1. The maximum absolute atomic E-state index is 14.0. The van der Waals surface area contributed by atoms with E-state index in [1.54, 1.807) is 34.8 Å². The molecule has 2 heterocycles. The van der Waals surface area contributed by atoms with Crippen LogP contribution in [0, 0.1) is 0 Å². The molecule has 1 saturated carbocycles. The van der Waals surface area contributed by atoms with E-state index in [-0.39, 0.29) is 23.6 Å². The van der Waals surface area contributed by atoms with Crippen molar-refractivity contribution in [3.8, 4) is 11.1 Å². The summed E-state index contributed by atoms with van der Waals surface area (Å²) in [5, 5.41) is 8.90. The monoisotopic (exact) mass is 497 g/mol. The molecule has 8 heteroatoms. The van der Waals surface area contributed by atoms with Gasteiger partial charge in [-0.25, -0.2) is 0 Å². The lowest BCUT2D eigenvalue weighted by atomic mass is 9.94. The highest BCUT2D eigenvalue weighted by atomic mass is 32.1. The van der Waals surface area contributed by atoms with E-state index in [2.05, 4.69) is 19.9 Å². The molecule has 0 radical (unpaired) electrons. The molecule has 1 atom stereocenters. The highest BCUT2D eigenvalue weighted by Gasteiger charge is 2.36. The topological polar surface area (TPSA) is 88.1 Å². The summed E-state index contributed by atoms with van der Waals surface area (Å²) in [6, 6.07) is 20.3. The summed E-state index contributed by atoms with van der Waals surface area (Å²) in [5.41, 5.74) is 3.30. The van der Waals surface area contributed by atoms with Gasteiger partial charge in [0.25, 0.3) is 5.91 Å². The number of aromatic nitrogens is 3. The van der Waals surface area contributed by atoms with Crippen molar-refractivity contribution in [2.45, 2.75) is 44.2 Å². The van der Waals surface area contributed by atoms with Crippen molar-refractivity contribution in [1.29, 1.82) is 0 Å². The van der Waals surface area contributed by atoms with Crippen molar-refractivity contribution < 1.29 is 9.59 Å². The largest absolute Gasteiger partial charge is 0.351 e. The fraction of sp³-hybridized carbons (Fsp3) is 0.250. The molecule has 36 heavy (non-hydrogen) atoms. The number of hydrogen-bond donors (Lipinski definition) is 1. The molecular formula is C28H27N5O2S. The van der Waals surface area contributed by atoms with Crippen molar-refractivity contribution >= 4 is 29.0 Å². The van der Waals surface area contributed by atoms with Gasteiger partial charge in [-0.3, -0.25) is 19.5 Å². The second-order valence-corrected chi connectivity index (χ2v) is 9.48. The number of nitrogens with zero attached hydrogens (tertiary/aromatic N) is 4. The smallest absolute Gasteiger partial charge is 0.280 e. The fourth-order valence-electron chi connectivity index (χ4n) is 4.78. The third-order valence-electron chi connectivity index (χ3n) is 6.53. The quantitative estimate of drug-likeness (QED) is 0.367. The maximum atomic E-state index is 14.0. The van der Waals surface area contributed by atoms with E-state index in [0.717, 1.165) is 48.3 Å². The molecule has 1 aliphatic rings. The zero-order valence-electron chi connectivity index (χ0n) is 19.8. The Morgan fingerprint density at radius 2 is 1.64 bits per heavy atom. The van der Waals surface area contributed by atoms with Crippen LogP contribution in [0.3, 0.4) is 0 Å². The predicted octanol–water partition coefficient (Wildman–Crippen LogP) is 5.44. The average Bonchev–Trinajstić information content (AvgIpc) is 3.48. The Morgan fingerprint density at radius 3 is 2.36 bits per heavy atom. The van der Waals surface area contributed by atoms with E-state index in [1.165, 1.54) is 6.42 Å². The summed E-state index contributed by atoms with van der Waals surface area (Å²) < 4.78 is 3.90. The molecule has 182 valence electrons. The molecule has 7 nitrogen and oxygen atoms in total. The second-order valence-electron chi connectivity index (χ2n) is 8.88. The first-order chi connectivity index (χ1) is 17.7. The number of anilines is 1. The molecule has 0 saturated heterocycles. The number of carbonyl (C=O) groups is 2. The second kappa shape index (κ2) is 11.2. The van der Waals surface area contributed by atoms with Gasteiger partial charge >= 0.3 is 0 Å². The summed E-state index contributed by atoms with van der Waals surface area (Å²) in [4.78, 5) is 33.7. The Morgan fingerprint density at radius 1 is 0.917 bits per heavy atom. The number of benzene rings is 2. The van der Waals surface area contributed by atoms with E-state index < -0.39 is 6.04 Å². The van der Waals surface area contributed by atoms with Gasteiger partial charge in [-0.2, -0.15) is 0 Å². The molecule has 0 unspecified atom stereocenters. The van der Waals surface area contributed by atoms with E-state index in [0.29, 0.717) is 11.3 Å². The molecule has 2 aromatic carbocycles. The lowest BCUT2D eigenvalue weighted by molar-refractivity contribution is -0.123. The molecular weight excluding hydrogens is 470 g/mol. The van der Waals surface area contributed by atoms with Crippen molar-refractivity contribution in [2.24, 2.45) is 0 Å². The van der Waals surface area contributed by atoms with E-state index >= 15 is 0 Å². The summed E-state index contributed by atoms with van der Waals surface area (Å²) in [5.74, 6) is -0.597. The molecule has 1 N–H and O–H groups in total. The molecule has 1 aliphatic carbocycles. The molecule has 2 amide bonds. The van der Waals surface area contributed by atoms with Crippen LogP contribution in [0.2, 0.25) is 0 Å².